The van der Waals surface area contributed by atoms with E-state index < -0.39 is 0 Å². The van der Waals surface area contributed by atoms with Gasteiger partial charge in [0.05, 0.1) is 17.3 Å². The van der Waals surface area contributed by atoms with Gasteiger partial charge in [-0.15, -0.1) is 0 Å². The normalized spacial score (nSPS) is 15.7. The summed E-state index contributed by atoms with van der Waals surface area (Å²) in [5.41, 5.74) is 9.74. The van der Waals surface area contributed by atoms with Crippen LogP contribution in [0.25, 0.3) is 16.8 Å². The summed E-state index contributed by atoms with van der Waals surface area (Å²) in [5, 5.41) is 3.93. The van der Waals surface area contributed by atoms with Gasteiger partial charge in [-0.05, 0) is 50.8 Å². The molecule has 0 fully saturated rings. The summed E-state index contributed by atoms with van der Waals surface area (Å²) >= 11 is 6.56. The molecule has 178 valence electrons. The van der Waals surface area contributed by atoms with Crippen molar-refractivity contribution in [3.05, 3.63) is 74.8 Å². The molecule has 4 aromatic rings. The average Bonchev–Trinajstić information content (AvgIpc) is 2.84. The maximum atomic E-state index is 13.8. The average molecular weight is 488 g/mol. The van der Waals surface area contributed by atoms with Crippen molar-refractivity contribution in [3.8, 4) is 11.1 Å². The Morgan fingerprint density at radius 3 is 2.74 bits per heavy atom. The molecule has 2 unspecified atom stereocenters. The van der Waals surface area contributed by atoms with E-state index in [1.54, 1.807) is 10.5 Å². The van der Waals surface area contributed by atoms with Crippen LogP contribution in [0, 0.1) is 12.8 Å². The molecular formula is C26H26ClN7O. The van der Waals surface area contributed by atoms with Crippen LogP contribution in [0.3, 0.4) is 0 Å². The van der Waals surface area contributed by atoms with Gasteiger partial charge in [0.1, 0.15) is 11.5 Å². The molecule has 0 bridgehead atoms. The van der Waals surface area contributed by atoms with Crippen LogP contribution in [-0.2, 0) is 6.42 Å². The monoisotopic (exact) mass is 487 g/mol. The number of nitrogens with zero attached hydrogens (tertiary/aromatic N) is 5. The molecule has 1 aliphatic heterocycles. The Labute approximate surface area is 207 Å². The van der Waals surface area contributed by atoms with E-state index in [4.69, 9.17) is 22.3 Å². The Kier molecular flexibility index (Phi) is 5.98. The van der Waals surface area contributed by atoms with Crippen LogP contribution in [0.5, 0.6) is 0 Å². The van der Waals surface area contributed by atoms with Crippen molar-refractivity contribution in [1.29, 1.82) is 0 Å². The van der Waals surface area contributed by atoms with E-state index in [9.17, 15) is 4.79 Å². The fourth-order valence-electron chi connectivity index (χ4n) is 4.50. The highest BCUT2D eigenvalue weighted by molar-refractivity contribution is 6.33. The topological polar surface area (TPSA) is 111 Å². The number of hydrogen-bond acceptors (Lipinski definition) is 7. The molecule has 0 saturated heterocycles. The van der Waals surface area contributed by atoms with Crippen LogP contribution in [-0.4, -0.2) is 25.6 Å². The first-order valence-electron chi connectivity index (χ1n) is 11.6. The molecule has 8 nitrogen and oxygen atoms in total. The maximum absolute atomic E-state index is 13.8. The number of pyridine rings is 1. The number of fused-ring (bicyclic) bond motifs is 2. The third kappa shape index (κ3) is 4.14. The van der Waals surface area contributed by atoms with Gasteiger partial charge in [-0.25, -0.2) is 9.98 Å². The van der Waals surface area contributed by atoms with Gasteiger partial charge in [-0.3, -0.25) is 9.20 Å². The molecule has 9 heteroatoms. The van der Waals surface area contributed by atoms with Crippen molar-refractivity contribution in [1.82, 2.24) is 19.4 Å². The molecule has 1 aliphatic rings. The SMILES string of the molecule is CCC1C=Nc2nc(N)nc(NC(C)c3nc4cccc(C)n4c(=O)c3-c3ccccc3Cl)c2C1. The van der Waals surface area contributed by atoms with E-state index in [1.165, 1.54) is 0 Å². The molecule has 3 N–H and O–H groups in total. The van der Waals surface area contributed by atoms with Gasteiger partial charge in [0, 0.05) is 28.1 Å². The Balaban J connectivity index is 1.68. The second-order valence-electron chi connectivity index (χ2n) is 8.77. The van der Waals surface area contributed by atoms with Gasteiger partial charge in [0.25, 0.3) is 5.56 Å². The largest absolute Gasteiger partial charge is 0.368 e. The first-order valence-corrected chi connectivity index (χ1v) is 12.0. The third-order valence-electron chi connectivity index (χ3n) is 6.38. The minimum absolute atomic E-state index is 0.138. The van der Waals surface area contributed by atoms with Gasteiger partial charge in [0.2, 0.25) is 5.95 Å². The predicted octanol–water partition coefficient (Wildman–Crippen LogP) is 5.15. The molecule has 35 heavy (non-hydrogen) atoms. The highest BCUT2D eigenvalue weighted by Gasteiger charge is 2.25. The summed E-state index contributed by atoms with van der Waals surface area (Å²) in [6.07, 6.45) is 3.64. The van der Waals surface area contributed by atoms with Crippen molar-refractivity contribution in [2.45, 2.75) is 39.7 Å². The van der Waals surface area contributed by atoms with Crippen molar-refractivity contribution in [2.24, 2.45) is 10.9 Å². The third-order valence-corrected chi connectivity index (χ3v) is 6.71. The molecule has 0 radical (unpaired) electrons. The van der Waals surface area contributed by atoms with Gasteiger partial charge < -0.3 is 11.1 Å². The van der Waals surface area contributed by atoms with Crippen LogP contribution in [0.2, 0.25) is 5.02 Å². The zero-order valence-electron chi connectivity index (χ0n) is 19.8. The molecule has 1 aromatic carbocycles. The number of aliphatic imine (C=N–C) groups is 1. The number of nitrogens with two attached hydrogens (primary N) is 1. The number of aromatic nitrogens is 4. The maximum Gasteiger partial charge on any atom is 0.266 e. The minimum Gasteiger partial charge on any atom is -0.368 e. The number of aryl methyl sites for hydroxylation is 1. The van der Waals surface area contributed by atoms with Crippen molar-refractivity contribution < 1.29 is 0 Å². The van der Waals surface area contributed by atoms with Crippen molar-refractivity contribution >= 4 is 41.0 Å². The summed E-state index contributed by atoms with van der Waals surface area (Å²) in [5.74, 6) is 1.62. The van der Waals surface area contributed by atoms with Crippen LogP contribution in [0.1, 0.15) is 43.3 Å². The van der Waals surface area contributed by atoms with Crippen molar-refractivity contribution in [3.63, 3.8) is 0 Å². The van der Waals surface area contributed by atoms with Crippen LogP contribution >= 0.6 is 11.6 Å². The van der Waals surface area contributed by atoms with E-state index in [0.29, 0.717) is 45.0 Å². The fraction of sp³-hybridized carbons (Fsp3) is 0.269. The number of nitrogen functional groups attached to an aromatic ring is 1. The molecule has 0 amide bonds. The number of hydrogen-bond donors (Lipinski definition) is 2. The van der Waals surface area contributed by atoms with E-state index in [2.05, 4.69) is 27.2 Å². The second-order valence-corrected chi connectivity index (χ2v) is 9.17. The van der Waals surface area contributed by atoms with Crippen LogP contribution in [0.15, 0.2) is 52.3 Å². The molecular weight excluding hydrogens is 462 g/mol. The molecule has 2 atom stereocenters. The van der Waals surface area contributed by atoms with E-state index >= 15 is 0 Å². The predicted molar refractivity (Wildman–Crippen MR) is 141 cm³/mol. The van der Waals surface area contributed by atoms with Crippen LogP contribution in [0.4, 0.5) is 17.6 Å². The smallest absolute Gasteiger partial charge is 0.266 e. The summed E-state index contributed by atoms with van der Waals surface area (Å²) in [4.78, 5) is 32.0. The molecule has 4 heterocycles. The highest BCUT2D eigenvalue weighted by Crippen LogP contribution is 2.35. The lowest BCUT2D eigenvalue weighted by molar-refractivity contribution is 0.661. The van der Waals surface area contributed by atoms with E-state index in [-0.39, 0.29) is 17.5 Å². The summed E-state index contributed by atoms with van der Waals surface area (Å²) in [6.45, 7) is 5.96. The second kappa shape index (κ2) is 9.11. The Hall–Kier alpha value is -3.78. The van der Waals surface area contributed by atoms with Gasteiger partial charge in [0.15, 0.2) is 5.82 Å². The number of benzene rings is 1. The number of rotatable bonds is 5. The Morgan fingerprint density at radius 2 is 1.97 bits per heavy atom. The fourth-order valence-corrected chi connectivity index (χ4v) is 4.73. The highest BCUT2D eigenvalue weighted by atomic mass is 35.5. The quantitative estimate of drug-likeness (QED) is 0.402. The lowest BCUT2D eigenvalue weighted by atomic mass is 9.96. The molecule has 0 spiro atoms. The number of halogens is 1. The summed E-state index contributed by atoms with van der Waals surface area (Å²) in [7, 11) is 0. The number of nitrogens with one attached hydrogen (secondary N) is 1. The molecule has 0 saturated carbocycles. The van der Waals surface area contributed by atoms with Crippen LogP contribution < -0.4 is 16.6 Å². The zero-order chi connectivity index (χ0) is 24.7. The Morgan fingerprint density at radius 1 is 1.17 bits per heavy atom. The van der Waals surface area contributed by atoms with Gasteiger partial charge in [-0.2, -0.15) is 9.97 Å². The summed E-state index contributed by atoms with van der Waals surface area (Å²) in [6, 6.07) is 12.5. The van der Waals surface area contributed by atoms with Gasteiger partial charge >= 0.3 is 0 Å². The Bertz CT molecular complexity index is 1530. The minimum atomic E-state index is -0.385. The molecule has 3 aromatic heterocycles. The molecule has 0 aliphatic carbocycles. The summed E-state index contributed by atoms with van der Waals surface area (Å²) < 4.78 is 1.61. The first-order chi connectivity index (χ1) is 16.9. The van der Waals surface area contributed by atoms with E-state index in [1.807, 2.05) is 56.5 Å². The standard InChI is InChI=1S/C26H26ClN7O/c1-4-16-12-18-23(29-13-16)32-26(28)33-24(18)30-15(3)22-21(17-9-5-6-10-19(17)27)25(35)34-14(2)8-7-11-20(34)31-22/h5-11,13,15-16H,4,12H2,1-3H3,(H3,28,30,32,33). The zero-order valence-corrected chi connectivity index (χ0v) is 20.5. The number of anilines is 2. The molecule has 5 rings (SSSR count). The van der Waals surface area contributed by atoms with Gasteiger partial charge in [-0.1, -0.05) is 42.8 Å². The first kappa shape index (κ1) is 23.0. The van der Waals surface area contributed by atoms with Crippen molar-refractivity contribution in [2.75, 3.05) is 11.1 Å². The lowest BCUT2D eigenvalue weighted by Gasteiger charge is -2.23. The van der Waals surface area contributed by atoms with E-state index in [0.717, 1.165) is 24.1 Å². The lowest BCUT2D eigenvalue weighted by Crippen LogP contribution is -2.25.